The molecule has 0 bridgehead atoms. The van der Waals surface area contributed by atoms with Crippen LogP contribution in [0.2, 0.25) is 0 Å². The topological polar surface area (TPSA) is 46.2 Å². The van der Waals surface area contributed by atoms with Crippen molar-refractivity contribution in [2.24, 2.45) is 0 Å². The Labute approximate surface area is 106 Å². The van der Waals surface area contributed by atoms with Crippen LogP contribution in [0.3, 0.4) is 0 Å². The Hall–Kier alpha value is -1.29. The van der Waals surface area contributed by atoms with Crippen LogP contribution < -0.4 is 5.32 Å². The zero-order valence-electron chi connectivity index (χ0n) is 10.3. The standard InChI is InChI=1S/C13H17NO2S/c1-9(15)8-10(2)17-13-6-4-12(5-7-13)14-11(3)16/h4-7,10H,8H2,1-3H3,(H,14,16). The number of hydrogen-bond donors (Lipinski definition) is 1. The van der Waals surface area contributed by atoms with E-state index >= 15 is 0 Å². The van der Waals surface area contributed by atoms with Gasteiger partial charge in [-0.3, -0.25) is 9.59 Å². The minimum atomic E-state index is -0.0737. The van der Waals surface area contributed by atoms with Crippen LogP contribution in [0, 0.1) is 0 Å². The molecule has 0 saturated carbocycles. The summed E-state index contributed by atoms with van der Waals surface area (Å²) >= 11 is 1.67. The van der Waals surface area contributed by atoms with Crippen LogP contribution in [0.25, 0.3) is 0 Å². The lowest BCUT2D eigenvalue weighted by Gasteiger charge is -2.09. The van der Waals surface area contributed by atoms with Crippen molar-refractivity contribution in [3.8, 4) is 0 Å². The molecule has 0 aliphatic carbocycles. The maximum Gasteiger partial charge on any atom is 0.221 e. The molecule has 1 amide bonds. The van der Waals surface area contributed by atoms with E-state index in [0.717, 1.165) is 10.6 Å². The van der Waals surface area contributed by atoms with Gasteiger partial charge in [0, 0.05) is 29.2 Å². The number of anilines is 1. The average molecular weight is 251 g/mol. The van der Waals surface area contributed by atoms with E-state index in [1.165, 1.54) is 6.92 Å². The molecule has 0 fully saturated rings. The lowest BCUT2D eigenvalue weighted by molar-refractivity contribution is -0.117. The monoisotopic (exact) mass is 251 g/mol. The number of benzene rings is 1. The van der Waals surface area contributed by atoms with Crippen LogP contribution in [0.5, 0.6) is 0 Å². The second-order valence-corrected chi connectivity index (χ2v) is 5.55. The van der Waals surface area contributed by atoms with E-state index in [1.807, 2.05) is 31.2 Å². The zero-order chi connectivity index (χ0) is 12.8. The molecule has 17 heavy (non-hydrogen) atoms. The number of hydrogen-bond acceptors (Lipinski definition) is 3. The van der Waals surface area contributed by atoms with E-state index in [9.17, 15) is 9.59 Å². The summed E-state index contributed by atoms with van der Waals surface area (Å²) in [6, 6.07) is 7.63. The van der Waals surface area contributed by atoms with E-state index in [2.05, 4.69) is 5.32 Å². The minimum Gasteiger partial charge on any atom is -0.326 e. The van der Waals surface area contributed by atoms with Crippen molar-refractivity contribution >= 4 is 29.1 Å². The molecule has 0 heterocycles. The van der Waals surface area contributed by atoms with Crippen molar-refractivity contribution in [2.45, 2.75) is 37.3 Å². The van der Waals surface area contributed by atoms with Gasteiger partial charge in [0.2, 0.25) is 5.91 Å². The first kappa shape index (κ1) is 13.8. The van der Waals surface area contributed by atoms with Gasteiger partial charge in [-0.05, 0) is 31.2 Å². The Bertz CT molecular complexity index is 400. The van der Waals surface area contributed by atoms with Gasteiger partial charge in [0.25, 0.3) is 0 Å². The summed E-state index contributed by atoms with van der Waals surface area (Å²) in [6.07, 6.45) is 0.581. The van der Waals surface area contributed by atoms with Crippen molar-refractivity contribution in [1.82, 2.24) is 0 Å². The van der Waals surface area contributed by atoms with Crippen molar-refractivity contribution in [1.29, 1.82) is 0 Å². The summed E-state index contributed by atoms with van der Waals surface area (Å²) in [5, 5.41) is 2.99. The van der Waals surface area contributed by atoms with E-state index in [-0.39, 0.29) is 16.9 Å². The molecule has 1 unspecified atom stereocenters. The van der Waals surface area contributed by atoms with E-state index in [0.29, 0.717) is 6.42 Å². The molecule has 1 atom stereocenters. The number of carbonyl (C=O) groups is 2. The first-order chi connectivity index (χ1) is 7.97. The summed E-state index contributed by atoms with van der Waals surface area (Å²) in [5.41, 5.74) is 0.793. The number of nitrogens with one attached hydrogen (secondary N) is 1. The maximum absolute atomic E-state index is 11.0. The Morgan fingerprint density at radius 1 is 1.24 bits per heavy atom. The van der Waals surface area contributed by atoms with Gasteiger partial charge >= 0.3 is 0 Å². The van der Waals surface area contributed by atoms with Crippen molar-refractivity contribution in [2.75, 3.05) is 5.32 Å². The molecule has 0 aliphatic heterocycles. The van der Waals surface area contributed by atoms with Crippen LogP contribution in [-0.2, 0) is 9.59 Å². The molecular formula is C13H17NO2S. The summed E-state index contributed by atoms with van der Waals surface area (Å²) in [4.78, 5) is 22.9. The normalized spacial score (nSPS) is 11.9. The summed E-state index contributed by atoms with van der Waals surface area (Å²) < 4.78 is 0. The fourth-order valence-electron chi connectivity index (χ4n) is 1.50. The number of ketones is 1. The Kier molecular flexibility index (Phi) is 5.22. The summed E-state index contributed by atoms with van der Waals surface area (Å²) in [6.45, 7) is 5.13. The lowest BCUT2D eigenvalue weighted by atomic mass is 10.2. The molecule has 1 aromatic rings. The minimum absolute atomic E-state index is 0.0737. The lowest BCUT2D eigenvalue weighted by Crippen LogP contribution is -2.05. The highest BCUT2D eigenvalue weighted by atomic mass is 32.2. The highest BCUT2D eigenvalue weighted by Crippen LogP contribution is 2.26. The van der Waals surface area contributed by atoms with Gasteiger partial charge in [-0.2, -0.15) is 0 Å². The Morgan fingerprint density at radius 3 is 2.29 bits per heavy atom. The van der Waals surface area contributed by atoms with Crippen LogP contribution in [0.4, 0.5) is 5.69 Å². The van der Waals surface area contributed by atoms with Gasteiger partial charge < -0.3 is 5.32 Å². The molecule has 92 valence electrons. The molecule has 1 rings (SSSR count). The van der Waals surface area contributed by atoms with Gasteiger partial charge in [-0.15, -0.1) is 11.8 Å². The summed E-state index contributed by atoms with van der Waals surface area (Å²) in [5.74, 6) is 0.134. The van der Waals surface area contributed by atoms with Crippen LogP contribution in [-0.4, -0.2) is 16.9 Å². The third-order valence-electron chi connectivity index (χ3n) is 2.09. The third kappa shape index (κ3) is 5.54. The molecule has 0 aliphatic rings. The second kappa shape index (κ2) is 6.45. The first-order valence-corrected chi connectivity index (χ1v) is 6.39. The van der Waals surface area contributed by atoms with Gasteiger partial charge in [-0.25, -0.2) is 0 Å². The number of rotatable bonds is 5. The molecule has 0 radical (unpaired) electrons. The van der Waals surface area contributed by atoms with Crippen molar-refractivity contribution in [3.63, 3.8) is 0 Å². The van der Waals surface area contributed by atoms with Gasteiger partial charge in [0.15, 0.2) is 0 Å². The molecular weight excluding hydrogens is 234 g/mol. The SMILES string of the molecule is CC(=O)CC(C)Sc1ccc(NC(C)=O)cc1. The quantitative estimate of drug-likeness (QED) is 0.818. The molecule has 0 aromatic heterocycles. The molecule has 0 saturated heterocycles. The van der Waals surface area contributed by atoms with Gasteiger partial charge in [-0.1, -0.05) is 6.92 Å². The number of thioether (sulfide) groups is 1. The Balaban J connectivity index is 2.56. The van der Waals surface area contributed by atoms with Crippen LogP contribution in [0.15, 0.2) is 29.2 Å². The second-order valence-electron chi connectivity index (χ2n) is 4.04. The number of Topliss-reactive ketones (excluding diaryl/α,β-unsaturated/α-hetero) is 1. The fraction of sp³-hybridized carbons (Fsp3) is 0.385. The van der Waals surface area contributed by atoms with E-state index in [1.54, 1.807) is 18.7 Å². The molecule has 3 nitrogen and oxygen atoms in total. The van der Waals surface area contributed by atoms with Crippen LogP contribution >= 0.6 is 11.8 Å². The summed E-state index contributed by atoms with van der Waals surface area (Å²) in [7, 11) is 0. The molecule has 1 N–H and O–H groups in total. The highest BCUT2D eigenvalue weighted by Gasteiger charge is 2.07. The maximum atomic E-state index is 11.0. The van der Waals surface area contributed by atoms with Crippen molar-refractivity contribution < 1.29 is 9.59 Å². The Morgan fingerprint density at radius 2 is 1.82 bits per heavy atom. The largest absolute Gasteiger partial charge is 0.326 e. The third-order valence-corrected chi connectivity index (χ3v) is 3.20. The average Bonchev–Trinajstić information content (AvgIpc) is 2.18. The number of carbonyl (C=O) groups excluding carboxylic acids is 2. The first-order valence-electron chi connectivity index (χ1n) is 5.51. The highest BCUT2D eigenvalue weighted by molar-refractivity contribution is 8.00. The molecule has 0 spiro atoms. The van der Waals surface area contributed by atoms with Crippen LogP contribution in [0.1, 0.15) is 27.2 Å². The van der Waals surface area contributed by atoms with E-state index in [4.69, 9.17) is 0 Å². The van der Waals surface area contributed by atoms with E-state index < -0.39 is 0 Å². The van der Waals surface area contributed by atoms with Crippen molar-refractivity contribution in [3.05, 3.63) is 24.3 Å². The zero-order valence-corrected chi connectivity index (χ0v) is 11.1. The molecule has 1 aromatic carbocycles. The predicted octanol–water partition coefficient (Wildman–Crippen LogP) is 3.10. The fourth-order valence-corrected chi connectivity index (χ4v) is 2.57. The molecule has 4 heteroatoms. The smallest absolute Gasteiger partial charge is 0.221 e. The van der Waals surface area contributed by atoms with Gasteiger partial charge in [0.05, 0.1) is 0 Å². The van der Waals surface area contributed by atoms with Gasteiger partial charge in [0.1, 0.15) is 5.78 Å². The number of amides is 1. The predicted molar refractivity (Wildman–Crippen MR) is 71.4 cm³/mol.